The largest absolute Gasteiger partial charge is 0.296 e. The average Bonchev–Trinajstić information content (AvgIpc) is 1.87. The molecule has 11 heavy (non-hydrogen) atoms. The predicted octanol–water partition coefficient (Wildman–Crippen LogP) is 1.34. The van der Waals surface area contributed by atoms with Gasteiger partial charge in [-0.1, -0.05) is 18.5 Å². The first kappa shape index (κ1) is 11.6. The van der Waals surface area contributed by atoms with E-state index in [1.54, 1.807) is 0 Å². The first-order valence-electron chi connectivity index (χ1n) is 2.87. The minimum Gasteiger partial charge on any atom is -0.296 e. The molecule has 0 fully saturated rings. The quantitative estimate of drug-likeness (QED) is 0.584. The van der Waals surface area contributed by atoms with Gasteiger partial charge in [0.25, 0.3) is 2.21 Å². The summed E-state index contributed by atoms with van der Waals surface area (Å²) in [5.74, 6) is -0.680. The first-order chi connectivity index (χ1) is 4.75. The Bertz CT molecular complexity index is 257. The highest BCUT2D eigenvalue weighted by Gasteiger charge is 2.42. The Kier molecular flexibility index (Phi) is 3.78. The Hall–Kier alpha value is 0.640. The fourth-order valence-corrected chi connectivity index (χ4v) is 2.46. The molecule has 0 amide bonds. The van der Waals surface area contributed by atoms with Gasteiger partial charge >= 0.3 is 0 Å². The molecule has 0 aromatic rings. The number of Topliss-reactive ketones (excluding diaryl/α,β-unsaturated/α-hetero) is 1. The molecule has 0 N–H and O–H groups in total. The minimum atomic E-state index is -3.49. The van der Waals surface area contributed by atoms with Crippen LogP contribution in [0.15, 0.2) is 0 Å². The van der Waals surface area contributed by atoms with Crippen LogP contribution in [0.3, 0.4) is 0 Å². The first-order valence-corrected chi connectivity index (χ1v) is 5.97. The van der Waals surface area contributed by atoms with Crippen LogP contribution in [0, 0.1) is 0 Å². The van der Waals surface area contributed by atoms with E-state index >= 15 is 0 Å². The molecule has 0 aliphatic heterocycles. The van der Waals surface area contributed by atoms with Crippen LogP contribution in [0.25, 0.3) is 0 Å². The van der Waals surface area contributed by atoms with Gasteiger partial charge in [-0.05, 0) is 29.5 Å². The van der Waals surface area contributed by atoms with E-state index in [1.165, 1.54) is 29.5 Å². The lowest BCUT2D eigenvalue weighted by Crippen LogP contribution is -2.34. The third-order valence-corrected chi connectivity index (χ3v) is 6.75. The molecule has 6 heteroatoms. The molecule has 1 unspecified atom stereocenters. The van der Waals surface area contributed by atoms with E-state index < -0.39 is 17.8 Å². The van der Waals surface area contributed by atoms with Gasteiger partial charge < -0.3 is 0 Å². The van der Waals surface area contributed by atoms with Crippen LogP contribution in [0.1, 0.15) is 13.8 Å². The van der Waals surface area contributed by atoms with Gasteiger partial charge in [-0.25, -0.2) is 8.42 Å². The van der Waals surface area contributed by atoms with E-state index in [1.807, 2.05) is 0 Å². The van der Waals surface area contributed by atoms with E-state index in [9.17, 15) is 13.2 Å². The Labute approximate surface area is 84.6 Å². The number of carbonyl (C=O) groups is 1. The van der Waals surface area contributed by atoms with Crippen molar-refractivity contribution >= 4 is 49.8 Å². The number of halogens is 2. The second-order valence-electron chi connectivity index (χ2n) is 1.98. The maximum absolute atomic E-state index is 11.1. The van der Waals surface area contributed by atoms with Crippen molar-refractivity contribution < 1.29 is 13.2 Å². The van der Waals surface area contributed by atoms with Crippen LogP contribution in [0.2, 0.25) is 0 Å². The molecule has 0 spiro atoms. The molecule has 0 rings (SSSR count). The van der Waals surface area contributed by atoms with Gasteiger partial charge in [0.2, 0.25) is 0 Å². The zero-order valence-electron chi connectivity index (χ0n) is 6.10. The molecule has 0 aliphatic carbocycles. The van der Waals surface area contributed by atoms with Crippen molar-refractivity contribution in [1.82, 2.24) is 0 Å². The maximum Gasteiger partial charge on any atom is 0.252 e. The number of carbonyl (C=O) groups excluding carboxylic acids is 1. The van der Waals surface area contributed by atoms with Gasteiger partial charge in [0.1, 0.15) is 0 Å². The standard InChI is InChI=1S/C5H8ClIO3S/c1-3-11(9,10)5(6,7)4(2)8/h3H2,1-2H3. The topological polar surface area (TPSA) is 51.2 Å². The van der Waals surface area contributed by atoms with Crippen molar-refractivity contribution in [3.05, 3.63) is 0 Å². The molecule has 0 heterocycles. The van der Waals surface area contributed by atoms with Crippen molar-refractivity contribution in [2.45, 2.75) is 16.1 Å². The molecule has 1 atom stereocenters. The van der Waals surface area contributed by atoms with Crippen LogP contribution in [0.4, 0.5) is 0 Å². The Morgan fingerprint density at radius 3 is 2.09 bits per heavy atom. The van der Waals surface area contributed by atoms with E-state index in [0.717, 1.165) is 6.92 Å². The normalized spacial score (nSPS) is 17.5. The summed E-state index contributed by atoms with van der Waals surface area (Å²) in [4.78, 5) is 10.8. The lowest BCUT2D eigenvalue weighted by atomic mass is 10.5. The molecule has 3 nitrogen and oxygen atoms in total. The Morgan fingerprint density at radius 1 is 1.64 bits per heavy atom. The average molecular weight is 311 g/mol. The highest BCUT2D eigenvalue weighted by Crippen LogP contribution is 2.32. The third kappa shape index (κ3) is 2.29. The molecule has 0 radical (unpaired) electrons. The smallest absolute Gasteiger partial charge is 0.252 e. The molecule has 0 aliphatic rings. The van der Waals surface area contributed by atoms with Crippen molar-refractivity contribution in [1.29, 1.82) is 0 Å². The molecule has 0 aromatic heterocycles. The maximum atomic E-state index is 11.1. The Balaban J connectivity index is 5.01. The number of ketones is 1. The van der Waals surface area contributed by atoms with Gasteiger partial charge in [-0.15, -0.1) is 0 Å². The fraction of sp³-hybridized carbons (Fsp3) is 0.800. The van der Waals surface area contributed by atoms with E-state index in [-0.39, 0.29) is 5.75 Å². The molecule has 0 saturated carbocycles. The second-order valence-corrected chi connectivity index (χ2v) is 8.17. The molecule has 0 aromatic carbocycles. The van der Waals surface area contributed by atoms with Crippen molar-refractivity contribution in [3.8, 4) is 0 Å². The fourth-order valence-electron chi connectivity index (χ4n) is 0.400. The van der Waals surface area contributed by atoms with E-state index in [0.29, 0.717) is 0 Å². The number of rotatable bonds is 3. The number of alkyl halides is 2. The number of sulfone groups is 1. The van der Waals surface area contributed by atoms with Crippen molar-refractivity contribution in [3.63, 3.8) is 0 Å². The summed E-state index contributed by atoms with van der Waals surface area (Å²) in [5.41, 5.74) is 0. The van der Waals surface area contributed by atoms with Crippen LogP contribution in [-0.4, -0.2) is 22.2 Å². The summed E-state index contributed by atoms with van der Waals surface area (Å²) in [6.07, 6.45) is 0. The lowest BCUT2D eigenvalue weighted by Gasteiger charge is -2.15. The summed E-state index contributed by atoms with van der Waals surface area (Å²) < 4.78 is 20.4. The van der Waals surface area contributed by atoms with Gasteiger partial charge in [0, 0.05) is 0 Å². The summed E-state index contributed by atoms with van der Waals surface area (Å²) in [7, 11) is -3.49. The summed E-state index contributed by atoms with van der Waals surface area (Å²) >= 11 is 6.95. The third-order valence-electron chi connectivity index (χ3n) is 1.18. The van der Waals surface area contributed by atoms with Gasteiger partial charge in [-0.3, -0.25) is 4.79 Å². The number of hydrogen-bond donors (Lipinski definition) is 0. The van der Waals surface area contributed by atoms with Crippen LogP contribution in [-0.2, 0) is 14.6 Å². The summed E-state index contributed by atoms with van der Waals surface area (Å²) in [6, 6.07) is 0. The molecular formula is C5H8ClIO3S. The highest BCUT2D eigenvalue weighted by molar-refractivity contribution is 14.1. The monoisotopic (exact) mass is 310 g/mol. The van der Waals surface area contributed by atoms with Crippen molar-refractivity contribution in [2.24, 2.45) is 0 Å². The predicted molar refractivity (Wildman–Crippen MR) is 52.7 cm³/mol. The molecule has 66 valence electrons. The SMILES string of the molecule is CCS(=O)(=O)C(Cl)(I)C(C)=O. The number of hydrogen-bond acceptors (Lipinski definition) is 3. The van der Waals surface area contributed by atoms with Crippen LogP contribution >= 0.6 is 34.2 Å². The minimum absolute atomic E-state index is 0.126. The highest BCUT2D eigenvalue weighted by atomic mass is 127. The van der Waals surface area contributed by atoms with E-state index in [2.05, 4.69) is 0 Å². The molecule has 0 bridgehead atoms. The van der Waals surface area contributed by atoms with Gasteiger partial charge in [0.15, 0.2) is 15.6 Å². The summed E-state index contributed by atoms with van der Waals surface area (Å²) in [5, 5.41) is 0. The molecule has 0 saturated heterocycles. The van der Waals surface area contributed by atoms with Crippen LogP contribution in [0.5, 0.6) is 0 Å². The summed E-state index contributed by atoms with van der Waals surface area (Å²) in [6.45, 7) is 2.61. The zero-order valence-corrected chi connectivity index (χ0v) is 9.83. The van der Waals surface area contributed by atoms with Gasteiger partial charge in [0.05, 0.1) is 5.75 Å². The molecular weight excluding hydrogens is 302 g/mol. The van der Waals surface area contributed by atoms with Crippen molar-refractivity contribution in [2.75, 3.05) is 5.75 Å². The second kappa shape index (κ2) is 3.57. The van der Waals surface area contributed by atoms with E-state index in [4.69, 9.17) is 11.6 Å². The lowest BCUT2D eigenvalue weighted by molar-refractivity contribution is -0.115. The van der Waals surface area contributed by atoms with Crippen LogP contribution < -0.4 is 0 Å². The zero-order chi connectivity index (χ0) is 9.28. The van der Waals surface area contributed by atoms with Gasteiger partial charge in [-0.2, -0.15) is 0 Å². The Morgan fingerprint density at radius 2 is 2.00 bits per heavy atom.